The first kappa shape index (κ1) is 19.4. The highest BCUT2D eigenvalue weighted by Gasteiger charge is 2.30. The molecular formula is C14H25NO6. The van der Waals surface area contributed by atoms with Crippen molar-refractivity contribution >= 4 is 17.8 Å². The van der Waals surface area contributed by atoms with Crippen LogP contribution in [0.1, 0.15) is 40.5 Å². The summed E-state index contributed by atoms with van der Waals surface area (Å²) >= 11 is 0. The summed E-state index contributed by atoms with van der Waals surface area (Å²) in [4.78, 5) is 34.3. The van der Waals surface area contributed by atoms with Crippen molar-refractivity contribution in [1.82, 2.24) is 5.32 Å². The Bertz CT molecular complexity index is 368. The van der Waals surface area contributed by atoms with Gasteiger partial charge in [0.1, 0.15) is 12.1 Å². The second kappa shape index (κ2) is 9.33. The molecule has 0 aromatic carbocycles. The Morgan fingerprint density at radius 2 is 1.76 bits per heavy atom. The number of carboxylic acids is 1. The molecule has 0 spiro atoms. The molecule has 0 aliphatic carbocycles. The lowest BCUT2D eigenvalue weighted by Gasteiger charge is -2.22. The molecular weight excluding hydrogens is 278 g/mol. The molecule has 0 aliphatic rings. The Morgan fingerprint density at radius 3 is 2.19 bits per heavy atom. The third-order valence-corrected chi connectivity index (χ3v) is 2.92. The molecule has 0 radical (unpaired) electrons. The molecule has 21 heavy (non-hydrogen) atoms. The summed E-state index contributed by atoms with van der Waals surface area (Å²) in [7, 11) is 0. The molecule has 0 fully saturated rings. The summed E-state index contributed by atoms with van der Waals surface area (Å²) in [6.45, 7) is 7.08. The van der Waals surface area contributed by atoms with Crippen molar-refractivity contribution in [3.63, 3.8) is 0 Å². The van der Waals surface area contributed by atoms with Crippen molar-refractivity contribution in [2.45, 2.75) is 52.7 Å². The van der Waals surface area contributed by atoms with Crippen LogP contribution in [0.3, 0.4) is 0 Å². The second-order valence-electron chi connectivity index (χ2n) is 5.46. The van der Waals surface area contributed by atoms with Crippen molar-refractivity contribution in [1.29, 1.82) is 0 Å². The van der Waals surface area contributed by atoms with Crippen molar-refractivity contribution in [2.24, 2.45) is 11.8 Å². The molecule has 0 saturated carbocycles. The quantitative estimate of drug-likeness (QED) is 0.536. The Kier molecular flexibility index (Phi) is 8.61. The maximum Gasteiger partial charge on any atom is 0.326 e. The third kappa shape index (κ3) is 7.65. The zero-order valence-corrected chi connectivity index (χ0v) is 13.0. The molecule has 0 aromatic heterocycles. The fourth-order valence-electron chi connectivity index (χ4n) is 1.85. The minimum Gasteiger partial charge on any atom is -0.480 e. The number of carbonyl (C=O) groups excluding carboxylic acids is 2. The van der Waals surface area contributed by atoms with Crippen LogP contribution < -0.4 is 5.32 Å². The molecule has 7 nitrogen and oxygen atoms in total. The van der Waals surface area contributed by atoms with Crippen LogP contribution in [0.2, 0.25) is 0 Å². The lowest BCUT2D eigenvalue weighted by molar-refractivity contribution is -0.148. The Morgan fingerprint density at radius 1 is 1.19 bits per heavy atom. The van der Waals surface area contributed by atoms with Gasteiger partial charge in [0, 0.05) is 0 Å². The van der Waals surface area contributed by atoms with Crippen molar-refractivity contribution in [3.05, 3.63) is 0 Å². The number of esters is 1. The fraction of sp³-hybridized carbons (Fsp3) is 0.786. The van der Waals surface area contributed by atoms with Crippen LogP contribution in [-0.2, 0) is 19.1 Å². The zero-order chi connectivity index (χ0) is 16.6. The van der Waals surface area contributed by atoms with E-state index < -0.39 is 35.9 Å². The van der Waals surface area contributed by atoms with Gasteiger partial charge in [-0.3, -0.25) is 9.59 Å². The van der Waals surface area contributed by atoms with E-state index in [0.29, 0.717) is 0 Å². The van der Waals surface area contributed by atoms with E-state index in [0.717, 1.165) is 0 Å². The highest BCUT2D eigenvalue weighted by atomic mass is 16.5. The van der Waals surface area contributed by atoms with Gasteiger partial charge in [-0.05, 0) is 25.2 Å². The van der Waals surface area contributed by atoms with Crippen LogP contribution in [0.25, 0.3) is 0 Å². The Labute approximate surface area is 124 Å². The normalized spacial score (nSPS) is 15.1. The standard InChI is InChI=1S/C14H25NO6/c1-5-21-11(17)7-9(4)12(14(19)20)15-13(18)10(16)6-8(2)3/h8-10,12,16H,5-7H2,1-4H3,(H,15,18)(H,19,20)/t9-,10+,12-/m1/s1. The lowest BCUT2D eigenvalue weighted by Crippen LogP contribution is -2.49. The average Bonchev–Trinajstić information content (AvgIpc) is 2.34. The van der Waals surface area contributed by atoms with Gasteiger partial charge in [-0.25, -0.2) is 4.79 Å². The number of hydrogen-bond donors (Lipinski definition) is 3. The predicted molar refractivity (Wildman–Crippen MR) is 75.4 cm³/mol. The molecule has 0 unspecified atom stereocenters. The number of nitrogens with one attached hydrogen (secondary N) is 1. The van der Waals surface area contributed by atoms with E-state index in [1.165, 1.54) is 6.92 Å². The van der Waals surface area contributed by atoms with Crippen LogP contribution in [-0.4, -0.2) is 46.8 Å². The molecule has 0 saturated heterocycles. The highest BCUT2D eigenvalue weighted by molar-refractivity contribution is 5.86. The van der Waals surface area contributed by atoms with Gasteiger partial charge in [0.05, 0.1) is 13.0 Å². The van der Waals surface area contributed by atoms with Crippen LogP contribution in [0.15, 0.2) is 0 Å². The molecule has 0 bridgehead atoms. The highest BCUT2D eigenvalue weighted by Crippen LogP contribution is 2.12. The van der Waals surface area contributed by atoms with Gasteiger partial charge in [-0.2, -0.15) is 0 Å². The predicted octanol–water partition coefficient (Wildman–Crippen LogP) is 0.552. The summed E-state index contributed by atoms with van der Waals surface area (Å²) < 4.78 is 4.75. The fourth-order valence-corrected chi connectivity index (χ4v) is 1.85. The van der Waals surface area contributed by atoms with Crippen molar-refractivity contribution in [2.75, 3.05) is 6.61 Å². The molecule has 1 amide bonds. The average molecular weight is 303 g/mol. The van der Waals surface area contributed by atoms with Gasteiger partial charge in [-0.15, -0.1) is 0 Å². The van der Waals surface area contributed by atoms with Crippen LogP contribution >= 0.6 is 0 Å². The molecule has 7 heteroatoms. The van der Waals surface area contributed by atoms with E-state index in [9.17, 15) is 19.5 Å². The molecule has 0 rings (SSSR count). The molecule has 0 aromatic rings. The maximum atomic E-state index is 11.8. The summed E-state index contributed by atoms with van der Waals surface area (Å²) in [5, 5.41) is 21.1. The Hall–Kier alpha value is -1.63. The van der Waals surface area contributed by atoms with E-state index in [-0.39, 0.29) is 25.4 Å². The minimum atomic E-state index is -1.26. The molecule has 3 atom stereocenters. The maximum absolute atomic E-state index is 11.8. The van der Waals surface area contributed by atoms with Gasteiger partial charge in [0.25, 0.3) is 0 Å². The number of rotatable bonds is 9. The van der Waals surface area contributed by atoms with Crippen LogP contribution in [0.5, 0.6) is 0 Å². The largest absolute Gasteiger partial charge is 0.480 e. The number of amides is 1. The summed E-state index contributed by atoms with van der Waals surface area (Å²) in [5.41, 5.74) is 0. The lowest BCUT2D eigenvalue weighted by atomic mass is 9.97. The first-order valence-electron chi connectivity index (χ1n) is 7.05. The monoisotopic (exact) mass is 303 g/mol. The number of carboxylic acid groups (broad SMARTS) is 1. The van der Waals surface area contributed by atoms with Gasteiger partial charge < -0.3 is 20.3 Å². The topological polar surface area (TPSA) is 113 Å². The first-order valence-corrected chi connectivity index (χ1v) is 7.05. The van der Waals surface area contributed by atoms with E-state index >= 15 is 0 Å². The number of aliphatic hydroxyl groups is 1. The van der Waals surface area contributed by atoms with Crippen molar-refractivity contribution < 1.29 is 29.3 Å². The summed E-state index contributed by atoms with van der Waals surface area (Å²) in [6.07, 6.45) is -1.14. The third-order valence-electron chi connectivity index (χ3n) is 2.92. The molecule has 0 heterocycles. The number of ether oxygens (including phenoxy) is 1. The van der Waals surface area contributed by atoms with E-state index in [2.05, 4.69) is 5.32 Å². The minimum absolute atomic E-state index is 0.103. The van der Waals surface area contributed by atoms with E-state index in [1.54, 1.807) is 6.92 Å². The molecule has 3 N–H and O–H groups in total. The number of aliphatic carboxylic acids is 1. The number of hydrogen-bond acceptors (Lipinski definition) is 5. The van der Waals surface area contributed by atoms with Gasteiger partial charge in [0.2, 0.25) is 5.91 Å². The van der Waals surface area contributed by atoms with Crippen LogP contribution in [0.4, 0.5) is 0 Å². The second-order valence-corrected chi connectivity index (χ2v) is 5.46. The molecule has 122 valence electrons. The molecule has 0 aliphatic heterocycles. The van der Waals surface area contributed by atoms with E-state index in [1.807, 2.05) is 13.8 Å². The zero-order valence-electron chi connectivity index (χ0n) is 13.0. The first-order chi connectivity index (χ1) is 9.68. The number of carbonyl (C=O) groups is 3. The SMILES string of the molecule is CCOC(=O)C[C@@H](C)[C@@H](NC(=O)[C@@H](O)CC(C)C)C(=O)O. The number of aliphatic hydroxyl groups excluding tert-OH is 1. The van der Waals surface area contributed by atoms with E-state index in [4.69, 9.17) is 9.84 Å². The van der Waals surface area contributed by atoms with Gasteiger partial charge >= 0.3 is 11.9 Å². The van der Waals surface area contributed by atoms with Gasteiger partial charge in [-0.1, -0.05) is 20.8 Å². The summed E-state index contributed by atoms with van der Waals surface area (Å²) in [5.74, 6) is -3.06. The smallest absolute Gasteiger partial charge is 0.326 e. The Balaban J connectivity index is 4.65. The van der Waals surface area contributed by atoms with Gasteiger partial charge in [0.15, 0.2) is 0 Å². The van der Waals surface area contributed by atoms with Crippen LogP contribution in [0, 0.1) is 11.8 Å². The van der Waals surface area contributed by atoms with Crippen molar-refractivity contribution in [3.8, 4) is 0 Å². The summed E-state index contributed by atoms with van der Waals surface area (Å²) in [6, 6.07) is -1.25.